The van der Waals surface area contributed by atoms with Crippen molar-refractivity contribution in [2.45, 2.75) is 25.2 Å². The van der Waals surface area contributed by atoms with Crippen LogP contribution in [0.15, 0.2) is 39.2 Å². The summed E-state index contributed by atoms with van der Waals surface area (Å²) in [5.74, 6) is 0.467. The number of non-ortho nitro benzene ring substituents is 1. The molecule has 0 fully saturated rings. The number of benzene rings is 1. The molecule has 0 saturated heterocycles. The third-order valence-electron chi connectivity index (χ3n) is 4.11. The van der Waals surface area contributed by atoms with Gasteiger partial charge in [-0.05, 0) is 25.1 Å². The van der Waals surface area contributed by atoms with E-state index in [1.165, 1.54) is 30.3 Å². The van der Waals surface area contributed by atoms with Crippen molar-refractivity contribution < 1.29 is 34.2 Å². The molecule has 11 nitrogen and oxygen atoms in total. The third-order valence-corrected chi connectivity index (χ3v) is 4.11. The lowest BCUT2D eigenvalue weighted by molar-refractivity contribution is -0.384. The minimum absolute atomic E-state index is 0.0532. The van der Waals surface area contributed by atoms with Gasteiger partial charge in [0.05, 0.1) is 17.1 Å². The van der Waals surface area contributed by atoms with Crippen LogP contribution in [0, 0.1) is 17.0 Å². The molecule has 0 spiro atoms. The van der Waals surface area contributed by atoms with E-state index in [0.29, 0.717) is 16.9 Å². The van der Waals surface area contributed by atoms with Crippen LogP contribution in [0.4, 0.5) is 5.69 Å². The number of nitrogens with zero attached hydrogens (tertiary/aromatic N) is 3. The Labute approximate surface area is 157 Å². The van der Waals surface area contributed by atoms with E-state index < -0.39 is 29.8 Å². The SMILES string of the molecule is Cc1oc([C@@H](O)[C@@H](O)[C@H](O)CO)cc1-c1nnc(-c2ccc([N+](=O)[O-])cc2)o1. The van der Waals surface area contributed by atoms with Gasteiger partial charge in [0.1, 0.15) is 29.8 Å². The van der Waals surface area contributed by atoms with Gasteiger partial charge in [-0.15, -0.1) is 10.2 Å². The monoisotopic (exact) mass is 391 g/mol. The molecule has 148 valence electrons. The lowest BCUT2D eigenvalue weighted by Gasteiger charge is -2.19. The zero-order chi connectivity index (χ0) is 20.4. The average Bonchev–Trinajstić information content (AvgIpc) is 3.33. The summed E-state index contributed by atoms with van der Waals surface area (Å²) in [5.41, 5.74) is 0.768. The molecule has 0 bridgehead atoms. The van der Waals surface area contributed by atoms with Crippen molar-refractivity contribution in [3.8, 4) is 22.9 Å². The van der Waals surface area contributed by atoms with Gasteiger partial charge in [-0.3, -0.25) is 10.1 Å². The number of aryl methyl sites for hydroxylation is 1. The predicted molar refractivity (Wildman–Crippen MR) is 92.9 cm³/mol. The van der Waals surface area contributed by atoms with Crippen LogP contribution < -0.4 is 0 Å². The molecule has 2 aromatic heterocycles. The largest absolute Gasteiger partial charge is 0.463 e. The van der Waals surface area contributed by atoms with E-state index >= 15 is 0 Å². The van der Waals surface area contributed by atoms with Crippen LogP contribution in [0.3, 0.4) is 0 Å². The van der Waals surface area contributed by atoms with Crippen molar-refractivity contribution in [3.63, 3.8) is 0 Å². The summed E-state index contributed by atoms with van der Waals surface area (Å²) < 4.78 is 11.0. The van der Waals surface area contributed by atoms with Crippen LogP contribution in [0.25, 0.3) is 22.9 Å². The molecular weight excluding hydrogens is 374 g/mol. The van der Waals surface area contributed by atoms with Crippen molar-refractivity contribution in [1.29, 1.82) is 0 Å². The number of rotatable bonds is 7. The first-order valence-electron chi connectivity index (χ1n) is 8.16. The van der Waals surface area contributed by atoms with E-state index in [1.807, 2.05) is 0 Å². The first-order chi connectivity index (χ1) is 13.3. The number of furan rings is 1. The van der Waals surface area contributed by atoms with Gasteiger partial charge >= 0.3 is 0 Å². The van der Waals surface area contributed by atoms with Gasteiger partial charge < -0.3 is 29.3 Å². The van der Waals surface area contributed by atoms with Crippen molar-refractivity contribution in [2.24, 2.45) is 0 Å². The lowest BCUT2D eigenvalue weighted by atomic mass is 10.1. The topological polar surface area (TPSA) is 176 Å². The summed E-state index contributed by atoms with van der Waals surface area (Å²) in [6.07, 6.45) is -4.77. The van der Waals surface area contributed by atoms with E-state index in [2.05, 4.69) is 10.2 Å². The molecule has 0 amide bonds. The second-order valence-electron chi connectivity index (χ2n) is 6.02. The molecule has 0 aliphatic carbocycles. The van der Waals surface area contributed by atoms with Gasteiger partial charge in [-0.25, -0.2) is 0 Å². The minimum Gasteiger partial charge on any atom is -0.463 e. The molecule has 0 aliphatic heterocycles. The Balaban J connectivity index is 1.85. The molecule has 3 aromatic rings. The zero-order valence-corrected chi connectivity index (χ0v) is 14.6. The van der Waals surface area contributed by atoms with Crippen LogP contribution >= 0.6 is 0 Å². The average molecular weight is 391 g/mol. The van der Waals surface area contributed by atoms with Crippen LogP contribution in [-0.2, 0) is 0 Å². The molecule has 0 radical (unpaired) electrons. The van der Waals surface area contributed by atoms with Crippen molar-refractivity contribution in [3.05, 3.63) is 52.0 Å². The number of hydrogen-bond acceptors (Lipinski definition) is 10. The maximum absolute atomic E-state index is 10.7. The highest BCUT2D eigenvalue weighted by atomic mass is 16.6. The summed E-state index contributed by atoms with van der Waals surface area (Å²) in [6.45, 7) is 0.850. The van der Waals surface area contributed by atoms with Gasteiger partial charge in [0.15, 0.2) is 0 Å². The molecule has 28 heavy (non-hydrogen) atoms. The quantitative estimate of drug-likeness (QED) is 0.335. The minimum atomic E-state index is -1.65. The number of hydrogen-bond donors (Lipinski definition) is 4. The normalized spacial score (nSPS) is 14.6. The van der Waals surface area contributed by atoms with Crippen LogP contribution in [0.2, 0.25) is 0 Å². The fraction of sp³-hybridized carbons (Fsp3) is 0.294. The van der Waals surface area contributed by atoms with Gasteiger partial charge in [-0.1, -0.05) is 0 Å². The standard InChI is InChI=1S/C17H17N3O8/c1-8-11(6-13(27-8)15(24)14(23)12(22)7-21)17-19-18-16(28-17)9-2-4-10(5-3-9)20(25)26/h2-6,12,14-15,21-24H,7H2,1H3/t12-,14+,15-/m1/s1. The maximum Gasteiger partial charge on any atom is 0.269 e. The van der Waals surface area contributed by atoms with Crippen molar-refractivity contribution in [1.82, 2.24) is 10.2 Å². The third kappa shape index (κ3) is 3.77. The first-order valence-corrected chi connectivity index (χ1v) is 8.16. The van der Waals surface area contributed by atoms with Gasteiger partial charge in [0, 0.05) is 17.7 Å². The summed E-state index contributed by atoms with van der Waals surface area (Å²) >= 11 is 0. The Hall–Kier alpha value is -3.12. The molecule has 0 saturated carbocycles. The smallest absolute Gasteiger partial charge is 0.269 e. The molecule has 3 atom stereocenters. The molecule has 3 rings (SSSR count). The fourth-order valence-electron chi connectivity index (χ4n) is 2.52. The van der Waals surface area contributed by atoms with E-state index in [9.17, 15) is 25.4 Å². The summed E-state index contributed by atoms with van der Waals surface area (Å²) in [7, 11) is 0. The predicted octanol–water partition coefficient (Wildman–Crippen LogP) is 0.961. The molecule has 2 heterocycles. The van der Waals surface area contributed by atoms with Crippen LogP contribution in [0.5, 0.6) is 0 Å². The van der Waals surface area contributed by atoms with E-state index in [0.717, 1.165) is 0 Å². The number of nitro benzene ring substituents is 1. The first kappa shape index (κ1) is 19.6. The second kappa shape index (κ2) is 7.86. The van der Waals surface area contributed by atoms with Crippen molar-refractivity contribution >= 4 is 5.69 Å². The molecule has 0 unspecified atom stereocenters. The Morgan fingerprint density at radius 1 is 1.11 bits per heavy atom. The summed E-state index contributed by atoms with van der Waals surface area (Å²) in [5, 5.41) is 56.7. The van der Waals surface area contributed by atoms with E-state index in [4.69, 9.17) is 13.9 Å². The molecule has 4 N–H and O–H groups in total. The fourth-order valence-corrected chi connectivity index (χ4v) is 2.52. The van der Waals surface area contributed by atoms with Crippen LogP contribution in [0.1, 0.15) is 17.6 Å². The number of aliphatic hydroxyl groups excluding tert-OH is 4. The van der Waals surface area contributed by atoms with E-state index in [-0.39, 0.29) is 23.2 Å². The van der Waals surface area contributed by atoms with Crippen molar-refractivity contribution in [2.75, 3.05) is 6.61 Å². The van der Waals surface area contributed by atoms with Gasteiger partial charge in [0.25, 0.3) is 11.6 Å². The Morgan fingerprint density at radius 3 is 2.36 bits per heavy atom. The summed E-state index contributed by atoms with van der Waals surface area (Å²) in [4.78, 5) is 10.2. The number of aliphatic hydroxyl groups is 4. The molecule has 1 aromatic carbocycles. The van der Waals surface area contributed by atoms with Gasteiger partial charge in [-0.2, -0.15) is 0 Å². The zero-order valence-electron chi connectivity index (χ0n) is 14.6. The Bertz CT molecular complexity index is 965. The van der Waals surface area contributed by atoms with E-state index in [1.54, 1.807) is 6.92 Å². The molecule has 0 aliphatic rings. The Morgan fingerprint density at radius 2 is 1.75 bits per heavy atom. The number of aromatic nitrogens is 2. The molecular formula is C17H17N3O8. The Kier molecular flexibility index (Phi) is 5.51. The van der Waals surface area contributed by atoms with Gasteiger partial charge in [0.2, 0.25) is 5.89 Å². The molecule has 11 heteroatoms. The highest BCUT2D eigenvalue weighted by Gasteiger charge is 2.29. The number of nitro groups is 1. The highest BCUT2D eigenvalue weighted by molar-refractivity contribution is 5.60. The highest BCUT2D eigenvalue weighted by Crippen LogP contribution is 2.32. The maximum atomic E-state index is 10.7. The lowest BCUT2D eigenvalue weighted by Crippen LogP contribution is -2.34. The second-order valence-corrected chi connectivity index (χ2v) is 6.02. The summed E-state index contributed by atoms with van der Waals surface area (Å²) in [6, 6.07) is 6.94. The van der Waals surface area contributed by atoms with Crippen LogP contribution in [-0.4, -0.2) is 54.4 Å².